The van der Waals surface area contributed by atoms with E-state index in [1.165, 1.54) is 0 Å². The van der Waals surface area contributed by atoms with Gasteiger partial charge in [0, 0.05) is 5.56 Å². The number of aryl methyl sites for hydroxylation is 3. The van der Waals surface area contributed by atoms with Gasteiger partial charge in [-0.1, -0.05) is 35.7 Å². The van der Waals surface area contributed by atoms with Crippen LogP contribution in [0.5, 0.6) is 0 Å². The monoisotopic (exact) mass is 289 g/mol. The summed E-state index contributed by atoms with van der Waals surface area (Å²) < 4.78 is 0. The number of carbonyl (C=O) groups excluding carboxylic acids is 1. The van der Waals surface area contributed by atoms with Crippen LogP contribution in [-0.2, 0) is 0 Å². The minimum atomic E-state index is -0.713. The Hall–Kier alpha value is -2.04. The minimum absolute atomic E-state index is 0.0933. The third kappa shape index (κ3) is 2.86. The molecule has 0 unspecified atom stereocenters. The van der Waals surface area contributed by atoms with Gasteiger partial charge in [-0.2, -0.15) is 0 Å². The summed E-state index contributed by atoms with van der Waals surface area (Å²) in [6, 6.07) is 3.99. The summed E-state index contributed by atoms with van der Waals surface area (Å²) in [7, 11) is 0. The first-order chi connectivity index (χ1) is 9.89. The number of nitrogens with two attached hydrogens (primary N) is 1. The van der Waals surface area contributed by atoms with Gasteiger partial charge in [-0.05, 0) is 44.7 Å². The van der Waals surface area contributed by atoms with E-state index in [-0.39, 0.29) is 11.7 Å². The van der Waals surface area contributed by atoms with Gasteiger partial charge in [-0.3, -0.25) is 4.79 Å². The van der Waals surface area contributed by atoms with Crippen molar-refractivity contribution < 1.29 is 10.0 Å². The van der Waals surface area contributed by atoms with Gasteiger partial charge in [0.2, 0.25) is 0 Å². The largest absolute Gasteiger partial charge is 0.409 e. The lowest BCUT2D eigenvalue weighted by molar-refractivity contribution is 0.0921. The molecule has 1 aromatic carbocycles. The predicted molar refractivity (Wildman–Crippen MR) is 82.7 cm³/mol. The molecule has 0 heterocycles. The normalized spacial score (nSPS) is 17.8. The van der Waals surface area contributed by atoms with Crippen molar-refractivity contribution in [1.82, 2.24) is 5.32 Å². The molecule has 21 heavy (non-hydrogen) atoms. The zero-order valence-electron chi connectivity index (χ0n) is 12.9. The molecule has 1 aliphatic rings. The molecule has 5 nitrogen and oxygen atoms in total. The molecule has 1 aliphatic carbocycles. The van der Waals surface area contributed by atoms with E-state index in [0.29, 0.717) is 18.4 Å². The molecule has 0 radical (unpaired) electrons. The van der Waals surface area contributed by atoms with Crippen LogP contribution in [0.4, 0.5) is 0 Å². The van der Waals surface area contributed by atoms with Gasteiger partial charge >= 0.3 is 0 Å². The third-order valence-electron chi connectivity index (χ3n) is 4.31. The van der Waals surface area contributed by atoms with Crippen LogP contribution in [0, 0.1) is 20.8 Å². The molecule has 0 spiro atoms. The summed E-state index contributed by atoms with van der Waals surface area (Å²) in [4.78, 5) is 12.7. The van der Waals surface area contributed by atoms with Crippen molar-refractivity contribution in [2.75, 3.05) is 0 Å². The smallest absolute Gasteiger partial charge is 0.252 e. The molecule has 2 rings (SSSR count). The molecule has 0 bridgehead atoms. The second-order valence-electron chi connectivity index (χ2n) is 6.00. The van der Waals surface area contributed by atoms with Gasteiger partial charge < -0.3 is 16.3 Å². The number of hydrogen-bond acceptors (Lipinski definition) is 3. The number of nitrogens with zero attached hydrogens (tertiary/aromatic N) is 1. The van der Waals surface area contributed by atoms with Crippen molar-refractivity contribution >= 4 is 11.7 Å². The average Bonchev–Trinajstić information content (AvgIpc) is 2.86. The van der Waals surface area contributed by atoms with Crippen LogP contribution in [0.2, 0.25) is 0 Å². The molecule has 0 aliphatic heterocycles. The van der Waals surface area contributed by atoms with Gasteiger partial charge in [-0.15, -0.1) is 0 Å². The standard InChI is InChI=1S/C16H23N3O2/c1-10-8-11(2)13(12(3)9-10)14(20)18-16(15(17)19-21)6-4-5-7-16/h8-9,21H,4-7H2,1-3H3,(H2,17,19)(H,18,20). The minimum Gasteiger partial charge on any atom is -0.409 e. The van der Waals surface area contributed by atoms with Crippen LogP contribution < -0.4 is 11.1 Å². The maximum atomic E-state index is 12.7. The highest BCUT2D eigenvalue weighted by atomic mass is 16.4. The Morgan fingerprint density at radius 3 is 2.24 bits per heavy atom. The lowest BCUT2D eigenvalue weighted by Crippen LogP contribution is -2.56. The lowest BCUT2D eigenvalue weighted by Gasteiger charge is -2.29. The summed E-state index contributed by atoms with van der Waals surface area (Å²) in [6.07, 6.45) is 3.34. The van der Waals surface area contributed by atoms with Gasteiger partial charge in [0.1, 0.15) is 5.54 Å². The first kappa shape index (κ1) is 15.4. The van der Waals surface area contributed by atoms with Crippen LogP contribution in [0.25, 0.3) is 0 Å². The van der Waals surface area contributed by atoms with E-state index in [1.807, 2.05) is 32.9 Å². The quantitative estimate of drug-likeness (QED) is 0.345. The average molecular weight is 289 g/mol. The van der Waals surface area contributed by atoms with Crippen LogP contribution in [0.15, 0.2) is 17.3 Å². The summed E-state index contributed by atoms with van der Waals surface area (Å²) in [6.45, 7) is 5.87. The number of benzene rings is 1. The fourth-order valence-electron chi connectivity index (χ4n) is 3.34. The number of nitrogens with one attached hydrogen (secondary N) is 1. The molecule has 1 saturated carbocycles. The zero-order chi connectivity index (χ0) is 15.6. The Morgan fingerprint density at radius 1 is 1.24 bits per heavy atom. The predicted octanol–water partition coefficient (Wildman–Crippen LogP) is 2.40. The number of rotatable bonds is 3. The molecular formula is C16H23N3O2. The molecule has 114 valence electrons. The second-order valence-corrected chi connectivity index (χ2v) is 6.00. The molecule has 1 amide bonds. The zero-order valence-corrected chi connectivity index (χ0v) is 12.9. The Bertz CT molecular complexity index is 564. The maximum absolute atomic E-state index is 12.7. The Balaban J connectivity index is 2.33. The number of hydrogen-bond donors (Lipinski definition) is 3. The second kappa shape index (κ2) is 5.76. The first-order valence-electron chi connectivity index (χ1n) is 7.28. The third-order valence-corrected chi connectivity index (χ3v) is 4.31. The van der Waals surface area contributed by atoms with E-state index < -0.39 is 5.54 Å². The van der Waals surface area contributed by atoms with Crippen molar-refractivity contribution in [2.45, 2.75) is 52.0 Å². The van der Waals surface area contributed by atoms with Crippen molar-refractivity contribution in [2.24, 2.45) is 10.9 Å². The molecule has 0 atom stereocenters. The fraction of sp³-hybridized carbons (Fsp3) is 0.500. The first-order valence-corrected chi connectivity index (χ1v) is 7.28. The summed E-state index contributed by atoms with van der Waals surface area (Å²) in [5, 5.41) is 15.1. The number of oxime groups is 1. The molecular weight excluding hydrogens is 266 g/mol. The maximum Gasteiger partial charge on any atom is 0.252 e. The summed E-state index contributed by atoms with van der Waals surface area (Å²) >= 11 is 0. The van der Waals surface area contributed by atoms with Gasteiger partial charge in [0.25, 0.3) is 5.91 Å². The molecule has 1 aromatic rings. The number of amidine groups is 1. The number of amides is 1. The Morgan fingerprint density at radius 2 is 1.76 bits per heavy atom. The molecule has 0 aromatic heterocycles. The Labute approximate surface area is 125 Å². The van der Waals surface area contributed by atoms with E-state index in [9.17, 15) is 4.79 Å². The highest BCUT2D eigenvalue weighted by Gasteiger charge is 2.40. The topological polar surface area (TPSA) is 87.7 Å². The van der Waals surface area contributed by atoms with Crippen LogP contribution >= 0.6 is 0 Å². The molecule has 4 N–H and O–H groups in total. The highest BCUT2D eigenvalue weighted by Crippen LogP contribution is 2.30. The van der Waals surface area contributed by atoms with Crippen LogP contribution in [0.1, 0.15) is 52.7 Å². The lowest BCUT2D eigenvalue weighted by atomic mass is 9.93. The van der Waals surface area contributed by atoms with Gasteiger partial charge in [0.15, 0.2) is 5.84 Å². The van der Waals surface area contributed by atoms with Crippen LogP contribution in [-0.4, -0.2) is 22.5 Å². The molecule has 5 heteroatoms. The van der Waals surface area contributed by atoms with Gasteiger partial charge in [-0.25, -0.2) is 0 Å². The van der Waals surface area contributed by atoms with Crippen molar-refractivity contribution in [3.05, 3.63) is 34.4 Å². The van der Waals surface area contributed by atoms with E-state index in [0.717, 1.165) is 29.5 Å². The van der Waals surface area contributed by atoms with Gasteiger partial charge in [0.05, 0.1) is 0 Å². The van der Waals surface area contributed by atoms with Crippen molar-refractivity contribution in [1.29, 1.82) is 0 Å². The van der Waals surface area contributed by atoms with E-state index in [1.54, 1.807) is 0 Å². The highest BCUT2D eigenvalue weighted by molar-refractivity contribution is 6.02. The van der Waals surface area contributed by atoms with Crippen molar-refractivity contribution in [3.63, 3.8) is 0 Å². The van der Waals surface area contributed by atoms with Crippen molar-refractivity contribution in [3.8, 4) is 0 Å². The Kier molecular flexibility index (Phi) is 4.21. The van der Waals surface area contributed by atoms with Crippen LogP contribution in [0.3, 0.4) is 0 Å². The molecule has 0 saturated heterocycles. The van der Waals surface area contributed by atoms with E-state index in [2.05, 4.69) is 10.5 Å². The van der Waals surface area contributed by atoms with E-state index >= 15 is 0 Å². The SMILES string of the molecule is Cc1cc(C)c(C(=O)NC2(/C(N)=N/O)CCCC2)c(C)c1. The number of carbonyl (C=O) groups is 1. The summed E-state index contributed by atoms with van der Waals surface area (Å²) in [5.41, 5.74) is 8.81. The fourth-order valence-corrected chi connectivity index (χ4v) is 3.34. The molecule has 1 fully saturated rings. The van der Waals surface area contributed by atoms with E-state index in [4.69, 9.17) is 10.9 Å². The summed E-state index contributed by atoms with van der Waals surface area (Å²) in [5.74, 6) is -0.0609.